The van der Waals surface area contributed by atoms with Gasteiger partial charge in [0.25, 0.3) is 0 Å². The molecule has 0 saturated carbocycles. The molecule has 2 nitrogen and oxygen atoms in total. The average molecular weight is 225 g/mol. The van der Waals surface area contributed by atoms with Crippen LogP contribution in [-0.4, -0.2) is 20.8 Å². The van der Waals surface area contributed by atoms with Crippen molar-refractivity contribution in [3.05, 3.63) is 60.7 Å². The number of carbonyl (C=O) groups excluding carboxylic acids is 1. The molecule has 2 aromatic rings. The number of benzene rings is 2. The van der Waals surface area contributed by atoms with Crippen molar-refractivity contribution >= 4 is 29.6 Å². The second-order valence-corrected chi connectivity index (χ2v) is 6.07. The van der Waals surface area contributed by atoms with Gasteiger partial charge >= 0.3 is 14.4 Å². The van der Waals surface area contributed by atoms with E-state index in [2.05, 4.69) is 28.6 Å². The molecule has 0 bridgehead atoms. The Morgan fingerprint density at radius 1 is 0.812 bits per heavy atom. The number of amides is 1. The van der Waals surface area contributed by atoms with Gasteiger partial charge in [-0.25, -0.2) is 0 Å². The van der Waals surface area contributed by atoms with Crippen molar-refractivity contribution in [1.29, 1.82) is 0 Å². The number of hydrogen-bond acceptors (Lipinski definition) is 1. The van der Waals surface area contributed by atoms with Crippen LogP contribution in [0.1, 0.15) is 0 Å². The summed E-state index contributed by atoms with van der Waals surface area (Å²) in [7, 11) is 0. The molecule has 0 fully saturated rings. The summed E-state index contributed by atoms with van der Waals surface area (Å²) in [6.45, 7) is 0. The van der Waals surface area contributed by atoms with Gasteiger partial charge in [0.05, 0.1) is 0 Å². The Hall–Kier alpha value is -1.56. The first-order valence-corrected chi connectivity index (χ1v) is 6.94. The SMILES string of the molecule is O=C[NH][Al]([c]1ccccc1)[c]1ccccc1. The van der Waals surface area contributed by atoms with Crippen LogP contribution >= 0.6 is 0 Å². The Labute approximate surface area is 99.5 Å². The third kappa shape index (κ3) is 2.52. The van der Waals surface area contributed by atoms with E-state index in [4.69, 9.17) is 0 Å². The topological polar surface area (TPSA) is 29.1 Å². The van der Waals surface area contributed by atoms with Crippen LogP contribution in [0.3, 0.4) is 0 Å². The van der Waals surface area contributed by atoms with Crippen LogP contribution in [0.15, 0.2) is 60.7 Å². The van der Waals surface area contributed by atoms with E-state index in [0.29, 0.717) is 0 Å². The van der Waals surface area contributed by atoms with Crippen LogP contribution in [0.5, 0.6) is 0 Å². The molecule has 3 heteroatoms. The maximum atomic E-state index is 10.7. The largest absolute Gasteiger partial charge is 0.495 e. The monoisotopic (exact) mass is 225 g/mol. The highest BCUT2D eigenvalue weighted by Crippen LogP contribution is 1.89. The summed E-state index contributed by atoms with van der Waals surface area (Å²) in [6, 6.07) is 20.3. The molecular formula is C13H12AlNO. The Morgan fingerprint density at radius 3 is 1.62 bits per heavy atom. The Bertz CT molecular complexity index is 405. The minimum absolute atomic E-state index is 0.802. The zero-order chi connectivity index (χ0) is 11.2. The van der Waals surface area contributed by atoms with E-state index >= 15 is 0 Å². The highest BCUT2D eigenvalue weighted by atomic mass is 27.2. The van der Waals surface area contributed by atoms with Gasteiger partial charge in [0.1, 0.15) is 0 Å². The van der Waals surface area contributed by atoms with Crippen molar-refractivity contribution < 1.29 is 4.79 Å². The van der Waals surface area contributed by atoms with Crippen molar-refractivity contribution in [2.75, 3.05) is 0 Å². The van der Waals surface area contributed by atoms with Crippen LogP contribution in [0, 0.1) is 0 Å². The first-order valence-electron chi connectivity index (χ1n) is 5.21. The highest BCUT2D eigenvalue weighted by Gasteiger charge is 2.23. The lowest BCUT2D eigenvalue weighted by atomic mass is 10.4. The molecule has 0 saturated heterocycles. The first-order chi connectivity index (χ1) is 7.92. The number of hydrogen-bond donors (Lipinski definition) is 1. The van der Waals surface area contributed by atoms with Gasteiger partial charge in [-0.2, -0.15) is 0 Å². The molecule has 1 amide bonds. The lowest BCUT2D eigenvalue weighted by molar-refractivity contribution is -0.108. The second-order valence-electron chi connectivity index (χ2n) is 3.54. The number of rotatable bonds is 4. The third-order valence-corrected chi connectivity index (χ3v) is 5.07. The van der Waals surface area contributed by atoms with Crippen molar-refractivity contribution in [2.45, 2.75) is 0 Å². The van der Waals surface area contributed by atoms with E-state index in [1.807, 2.05) is 36.4 Å². The van der Waals surface area contributed by atoms with Crippen LogP contribution in [0.25, 0.3) is 0 Å². The molecule has 0 aliphatic rings. The van der Waals surface area contributed by atoms with Gasteiger partial charge in [0.15, 0.2) is 6.41 Å². The fourth-order valence-corrected chi connectivity index (χ4v) is 3.86. The molecule has 2 aromatic carbocycles. The average Bonchev–Trinajstić information content (AvgIpc) is 2.38. The predicted octanol–water partition coefficient (Wildman–Crippen LogP) is 0.538. The molecule has 0 aromatic heterocycles. The van der Waals surface area contributed by atoms with Crippen molar-refractivity contribution in [2.24, 2.45) is 0 Å². The summed E-state index contributed by atoms with van der Waals surface area (Å²) in [4.78, 5) is 10.7. The zero-order valence-electron chi connectivity index (χ0n) is 8.84. The smallest absolute Gasteiger partial charge is 0.442 e. The van der Waals surface area contributed by atoms with E-state index < -0.39 is 14.4 Å². The van der Waals surface area contributed by atoms with Crippen molar-refractivity contribution in [1.82, 2.24) is 4.30 Å². The Balaban J connectivity index is 2.35. The van der Waals surface area contributed by atoms with Gasteiger partial charge in [-0.15, -0.1) is 0 Å². The zero-order valence-corrected chi connectivity index (χ0v) is 9.99. The Kier molecular flexibility index (Phi) is 3.77. The standard InChI is InChI=1S/2C6H5.CH3NO.Al/c2*1-2-4-6-5-3-1;2-1-3;/h2*1-5H;1H,(H2,2,3);/q;;;+1/p-1. The molecule has 0 atom stereocenters. The minimum atomic E-state index is -1.57. The summed E-state index contributed by atoms with van der Waals surface area (Å²) >= 11 is -1.57. The molecule has 0 aliphatic heterocycles. The third-order valence-electron chi connectivity index (χ3n) is 2.50. The van der Waals surface area contributed by atoms with Gasteiger partial charge in [-0.3, -0.25) is 4.79 Å². The number of carbonyl (C=O) groups is 1. The van der Waals surface area contributed by atoms with Crippen LogP contribution in [0.2, 0.25) is 0 Å². The fraction of sp³-hybridized carbons (Fsp3) is 0. The molecule has 78 valence electrons. The summed E-state index contributed by atoms with van der Waals surface area (Å²) in [5.74, 6) is 0. The van der Waals surface area contributed by atoms with E-state index in [9.17, 15) is 4.79 Å². The van der Waals surface area contributed by atoms with Gasteiger partial charge < -0.3 is 4.30 Å². The van der Waals surface area contributed by atoms with Gasteiger partial charge in [0.2, 0.25) is 0 Å². The van der Waals surface area contributed by atoms with Crippen molar-refractivity contribution in [3.63, 3.8) is 0 Å². The molecular weight excluding hydrogens is 213 g/mol. The van der Waals surface area contributed by atoms with Gasteiger partial charge in [-0.05, 0) is 0 Å². The Morgan fingerprint density at radius 2 is 1.25 bits per heavy atom. The molecule has 2 rings (SSSR count). The molecule has 1 N–H and O–H groups in total. The summed E-state index contributed by atoms with van der Waals surface area (Å²) < 4.78 is 5.42. The predicted molar refractivity (Wildman–Crippen MR) is 67.1 cm³/mol. The summed E-state index contributed by atoms with van der Waals surface area (Å²) in [5.41, 5.74) is 0. The molecule has 0 unspecified atom stereocenters. The molecule has 0 radical (unpaired) electrons. The quantitative estimate of drug-likeness (QED) is 0.597. The van der Waals surface area contributed by atoms with Gasteiger partial charge in [-0.1, -0.05) is 69.5 Å². The maximum absolute atomic E-state index is 10.7. The molecule has 0 aliphatic carbocycles. The number of nitrogens with one attached hydrogen (secondary N) is 1. The lowest BCUT2D eigenvalue weighted by Crippen LogP contribution is -2.53. The summed E-state index contributed by atoms with van der Waals surface area (Å²) in [6.07, 6.45) is 0.802. The summed E-state index contributed by atoms with van der Waals surface area (Å²) in [5, 5.41) is 0. The molecule has 16 heavy (non-hydrogen) atoms. The minimum Gasteiger partial charge on any atom is -0.442 e. The van der Waals surface area contributed by atoms with Crippen molar-refractivity contribution in [3.8, 4) is 0 Å². The van der Waals surface area contributed by atoms with E-state index in [1.54, 1.807) is 0 Å². The van der Waals surface area contributed by atoms with E-state index in [0.717, 1.165) is 6.41 Å². The lowest BCUT2D eigenvalue weighted by Gasteiger charge is -2.10. The second kappa shape index (κ2) is 5.51. The molecule has 0 spiro atoms. The van der Waals surface area contributed by atoms with E-state index in [1.165, 1.54) is 8.85 Å². The van der Waals surface area contributed by atoms with Crippen LogP contribution in [-0.2, 0) is 4.79 Å². The van der Waals surface area contributed by atoms with Crippen LogP contribution in [0.4, 0.5) is 0 Å². The van der Waals surface area contributed by atoms with E-state index in [-0.39, 0.29) is 0 Å². The molecule has 0 heterocycles. The highest BCUT2D eigenvalue weighted by molar-refractivity contribution is 6.84. The van der Waals surface area contributed by atoms with Gasteiger partial charge in [0, 0.05) is 0 Å². The normalized spacial score (nSPS) is 9.50. The maximum Gasteiger partial charge on any atom is 0.495 e. The first kappa shape index (κ1) is 10.9. The fourth-order valence-electron chi connectivity index (χ4n) is 1.74. The van der Waals surface area contributed by atoms with Crippen LogP contribution < -0.4 is 13.2 Å².